The molecular weight excluding hydrogens is 359 g/mol. The van der Waals surface area contributed by atoms with Crippen molar-refractivity contribution in [3.63, 3.8) is 0 Å². The van der Waals surface area contributed by atoms with Crippen LogP contribution in [-0.2, 0) is 12.6 Å². The fraction of sp³-hybridized carbons (Fsp3) is 0.368. The van der Waals surface area contributed by atoms with E-state index in [0.29, 0.717) is 29.9 Å². The van der Waals surface area contributed by atoms with E-state index in [4.69, 9.17) is 4.42 Å². The van der Waals surface area contributed by atoms with Crippen LogP contribution in [0.25, 0.3) is 0 Å². The Bertz CT molecular complexity index is 898. The largest absolute Gasteiger partial charge is 0.455 e. The number of hydrazone groups is 1. The Hall–Kier alpha value is -2.77. The number of carbonyl (C=O) groups excluding carboxylic acids is 1. The van der Waals surface area contributed by atoms with Gasteiger partial charge in [-0.3, -0.25) is 10.2 Å². The zero-order chi connectivity index (χ0) is 19.8. The van der Waals surface area contributed by atoms with Gasteiger partial charge in [-0.2, -0.15) is 18.3 Å². The minimum Gasteiger partial charge on any atom is -0.455 e. The first-order valence-corrected chi connectivity index (χ1v) is 8.52. The molecule has 0 radical (unpaired) electrons. The first-order chi connectivity index (χ1) is 12.7. The molecular formula is C19H20F3N3O2. The summed E-state index contributed by atoms with van der Waals surface area (Å²) in [5.41, 5.74) is 4.36. The van der Waals surface area contributed by atoms with Crippen molar-refractivity contribution in [3.8, 4) is 0 Å². The molecule has 1 N–H and O–H groups in total. The summed E-state index contributed by atoms with van der Waals surface area (Å²) in [6, 6.07) is 4.87. The van der Waals surface area contributed by atoms with Crippen molar-refractivity contribution in [2.75, 3.05) is 19.5 Å². The lowest BCUT2D eigenvalue weighted by Crippen LogP contribution is -2.22. The molecule has 0 bridgehead atoms. The predicted octanol–water partition coefficient (Wildman–Crippen LogP) is 4.46. The van der Waals surface area contributed by atoms with Gasteiger partial charge < -0.3 is 9.32 Å². The lowest BCUT2D eigenvalue weighted by molar-refractivity contribution is -0.137. The number of nitrogens with zero attached hydrogens (tertiary/aromatic N) is 2. The fourth-order valence-electron chi connectivity index (χ4n) is 3.08. The maximum Gasteiger partial charge on any atom is 0.416 e. The molecule has 27 heavy (non-hydrogen) atoms. The second-order valence-corrected chi connectivity index (χ2v) is 6.66. The Morgan fingerprint density at radius 3 is 2.67 bits per heavy atom. The molecule has 2 aromatic rings. The van der Waals surface area contributed by atoms with Crippen LogP contribution in [0.2, 0.25) is 0 Å². The Balaban J connectivity index is 1.91. The smallest absolute Gasteiger partial charge is 0.416 e. The number of hydrogen-bond donors (Lipinski definition) is 1. The molecule has 8 heteroatoms. The molecule has 0 aliphatic heterocycles. The fourth-order valence-corrected chi connectivity index (χ4v) is 3.08. The van der Waals surface area contributed by atoms with E-state index in [1.807, 2.05) is 0 Å². The van der Waals surface area contributed by atoms with Crippen LogP contribution in [0.4, 0.5) is 18.9 Å². The number of hydrogen-bond acceptors (Lipinski definition) is 4. The van der Waals surface area contributed by atoms with Gasteiger partial charge in [0.15, 0.2) is 5.76 Å². The number of nitrogens with one attached hydrogen (secondary N) is 1. The summed E-state index contributed by atoms with van der Waals surface area (Å²) in [5, 5.41) is 4.31. The third-order valence-corrected chi connectivity index (χ3v) is 4.44. The highest BCUT2D eigenvalue weighted by atomic mass is 19.4. The van der Waals surface area contributed by atoms with Crippen molar-refractivity contribution in [1.82, 2.24) is 4.90 Å². The first-order valence-electron chi connectivity index (χ1n) is 8.52. The molecule has 1 heterocycles. The van der Waals surface area contributed by atoms with Gasteiger partial charge in [0, 0.05) is 31.6 Å². The number of rotatable bonds is 3. The summed E-state index contributed by atoms with van der Waals surface area (Å²) in [6.07, 6.45) is -2.28. The van der Waals surface area contributed by atoms with E-state index in [2.05, 4.69) is 10.5 Å². The summed E-state index contributed by atoms with van der Waals surface area (Å²) >= 11 is 0. The Morgan fingerprint density at radius 2 is 2.00 bits per heavy atom. The van der Waals surface area contributed by atoms with Gasteiger partial charge in [0.25, 0.3) is 5.91 Å². The van der Waals surface area contributed by atoms with Crippen LogP contribution in [0, 0.1) is 6.92 Å². The molecule has 0 saturated heterocycles. The molecule has 3 rings (SSSR count). The Morgan fingerprint density at radius 1 is 1.26 bits per heavy atom. The van der Waals surface area contributed by atoms with Crippen LogP contribution in [0.1, 0.15) is 45.8 Å². The monoisotopic (exact) mass is 379 g/mol. The van der Waals surface area contributed by atoms with E-state index in [1.54, 1.807) is 21.0 Å². The molecule has 5 nitrogen and oxygen atoms in total. The van der Waals surface area contributed by atoms with Crippen LogP contribution in [-0.4, -0.2) is 30.6 Å². The topological polar surface area (TPSA) is 57.8 Å². The summed E-state index contributed by atoms with van der Waals surface area (Å²) < 4.78 is 44.3. The zero-order valence-electron chi connectivity index (χ0n) is 15.3. The van der Waals surface area contributed by atoms with Crippen molar-refractivity contribution in [2.24, 2.45) is 5.10 Å². The quantitative estimate of drug-likeness (QED) is 0.801. The minimum absolute atomic E-state index is 0.230. The molecule has 1 aromatic carbocycles. The van der Waals surface area contributed by atoms with E-state index < -0.39 is 11.7 Å². The number of furan rings is 1. The van der Waals surface area contributed by atoms with Crippen LogP contribution in [0.15, 0.2) is 33.8 Å². The lowest BCUT2D eigenvalue weighted by atomic mass is 9.93. The number of amides is 1. The van der Waals surface area contributed by atoms with Crippen LogP contribution >= 0.6 is 0 Å². The molecule has 0 atom stereocenters. The number of aryl methyl sites for hydroxylation is 1. The molecule has 1 aliphatic carbocycles. The van der Waals surface area contributed by atoms with Crippen molar-refractivity contribution in [3.05, 3.63) is 52.5 Å². The standard InChI is InChI=1S/C19H20F3N3O2/c1-11-16-14(8-5-9-15(16)27-17(11)18(26)25(2)3)24-23-13-7-4-6-12(10-13)19(20,21)22/h4,6-7,10,23H,5,8-9H2,1-3H3/b24-14+. The molecule has 1 aromatic heterocycles. The van der Waals surface area contributed by atoms with E-state index >= 15 is 0 Å². The normalized spacial score (nSPS) is 15.6. The van der Waals surface area contributed by atoms with Crippen LogP contribution in [0.5, 0.6) is 0 Å². The average Bonchev–Trinajstić information content (AvgIpc) is 2.96. The van der Waals surface area contributed by atoms with E-state index in [0.717, 1.165) is 24.1 Å². The van der Waals surface area contributed by atoms with Gasteiger partial charge >= 0.3 is 6.18 Å². The molecule has 1 aliphatic rings. The van der Waals surface area contributed by atoms with Gasteiger partial charge in [-0.25, -0.2) is 0 Å². The zero-order valence-corrected chi connectivity index (χ0v) is 15.3. The SMILES string of the molecule is Cc1c(C(=O)N(C)C)oc2c1/C(=N/Nc1cccc(C(F)(F)F)c1)CCC2. The maximum atomic E-state index is 12.8. The second kappa shape index (κ2) is 7.09. The minimum atomic E-state index is -4.41. The number of halogens is 3. The van der Waals surface area contributed by atoms with Crippen molar-refractivity contribution in [1.29, 1.82) is 0 Å². The highest BCUT2D eigenvalue weighted by Crippen LogP contribution is 2.32. The molecule has 1 amide bonds. The molecule has 0 saturated carbocycles. The summed E-state index contributed by atoms with van der Waals surface area (Å²) in [4.78, 5) is 13.7. The highest BCUT2D eigenvalue weighted by molar-refractivity contribution is 6.06. The van der Waals surface area contributed by atoms with Gasteiger partial charge in [-0.1, -0.05) is 6.07 Å². The van der Waals surface area contributed by atoms with Gasteiger partial charge in [-0.05, 0) is 38.0 Å². The van der Waals surface area contributed by atoms with Gasteiger partial charge in [-0.15, -0.1) is 0 Å². The number of fused-ring (bicyclic) bond motifs is 1. The van der Waals surface area contributed by atoms with Crippen LogP contribution < -0.4 is 5.43 Å². The first kappa shape index (κ1) is 19.0. The van der Waals surface area contributed by atoms with Crippen molar-refractivity contribution in [2.45, 2.75) is 32.4 Å². The Labute approximate surface area is 154 Å². The molecule has 0 spiro atoms. The van der Waals surface area contributed by atoms with Gasteiger partial charge in [0.05, 0.1) is 17.0 Å². The highest BCUT2D eigenvalue weighted by Gasteiger charge is 2.31. The third kappa shape index (κ3) is 3.84. The lowest BCUT2D eigenvalue weighted by Gasteiger charge is -2.14. The second-order valence-electron chi connectivity index (χ2n) is 6.66. The van der Waals surface area contributed by atoms with Crippen molar-refractivity contribution >= 4 is 17.3 Å². The van der Waals surface area contributed by atoms with E-state index in [9.17, 15) is 18.0 Å². The van der Waals surface area contributed by atoms with Gasteiger partial charge in [0.1, 0.15) is 5.76 Å². The number of anilines is 1. The molecule has 144 valence electrons. The Kier molecular flexibility index (Phi) is 4.99. The van der Waals surface area contributed by atoms with E-state index in [1.165, 1.54) is 17.0 Å². The van der Waals surface area contributed by atoms with E-state index in [-0.39, 0.29) is 17.4 Å². The predicted molar refractivity (Wildman–Crippen MR) is 96.0 cm³/mol. The third-order valence-electron chi connectivity index (χ3n) is 4.44. The summed E-state index contributed by atoms with van der Waals surface area (Å²) in [7, 11) is 3.29. The molecule has 0 fully saturated rings. The summed E-state index contributed by atoms with van der Waals surface area (Å²) in [6.45, 7) is 1.80. The van der Waals surface area contributed by atoms with Crippen LogP contribution in [0.3, 0.4) is 0 Å². The number of benzene rings is 1. The number of carbonyl (C=O) groups is 1. The summed E-state index contributed by atoms with van der Waals surface area (Å²) in [5.74, 6) is 0.735. The molecule has 0 unspecified atom stereocenters. The maximum absolute atomic E-state index is 12.8. The number of alkyl halides is 3. The van der Waals surface area contributed by atoms with Gasteiger partial charge in [0.2, 0.25) is 0 Å². The average molecular weight is 379 g/mol. The van der Waals surface area contributed by atoms with Crippen molar-refractivity contribution < 1.29 is 22.4 Å².